The molecule has 0 unspecified atom stereocenters. The maximum atomic E-state index is 12.5. The summed E-state index contributed by atoms with van der Waals surface area (Å²) in [6.07, 6.45) is 1.45. The lowest BCUT2D eigenvalue weighted by Gasteiger charge is -2.33. The molecule has 0 aromatic carbocycles. The number of rotatable bonds is 6. The number of hydrogen-bond donors (Lipinski definition) is 2. The van der Waals surface area contributed by atoms with E-state index in [4.69, 9.17) is 14.9 Å². The van der Waals surface area contributed by atoms with E-state index < -0.39 is 11.9 Å². The standard InChI is InChI=1S/C19H22N4O6S/c1-11-14(19(27)28-2)17(30-15(11)16(20)25)21-13(24)10-22-5-7-23(8-6-22)18(26)12-4-3-9-29-12/h3-4,9H,5-8,10H2,1-2H3,(H2,20,25)(H,21,24). The summed E-state index contributed by atoms with van der Waals surface area (Å²) >= 11 is 0.942. The molecule has 0 radical (unpaired) electrons. The number of methoxy groups -OCH3 is 1. The fourth-order valence-electron chi connectivity index (χ4n) is 3.22. The molecule has 3 heterocycles. The summed E-state index contributed by atoms with van der Waals surface area (Å²) in [7, 11) is 1.22. The summed E-state index contributed by atoms with van der Waals surface area (Å²) in [6.45, 7) is 3.60. The zero-order valence-corrected chi connectivity index (χ0v) is 17.4. The smallest absolute Gasteiger partial charge is 0.341 e. The van der Waals surface area contributed by atoms with Crippen molar-refractivity contribution in [2.75, 3.05) is 45.2 Å². The molecule has 1 aliphatic heterocycles. The van der Waals surface area contributed by atoms with Crippen LogP contribution in [-0.4, -0.2) is 73.3 Å². The summed E-state index contributed by atoms with van der Waals surface area (Å²) in [5.74, 6) is -1.57. The van der Waals surface area contributed by atoms with E-state index >= 15 is 0 Å². The third kappa shape index (κ3) is 4.52. The first-order valence-corrected chi connectivity index (χ1v) is 10.00. The van der Waals surface area contributed by atoms with E-state index in [9.17, 15) is 19.2 Å². The van der Waals surface area contributed by atoms with Crippen LogP contribution in [-0.2, 0) is 9.53 Å². The molecule has 1 aliphatic rings. The summed E-state index contributed by atoms with van der Waals surface area (Å²) in [6, 6.07) is 3.27. The lowest BCUT2D eigenvalue weighted by Crippen LogP contribution is -2.50. The van der Waals surface area contributed by atoms with Gasteiger partial charge in [-0.15, -0.1) is 11.3 Å². The molecule has 0 saturated carbocycles. The maximum absolute atomic E-state index is 12.5. The van der Waals surface area contributed by atoms with E-state index in [0.717, 1.165) is 11.3 Å². The van der Waals surface area contributed by atoms with E-state index in [1.54, 1.807) is 24.0 Å². The Bertz CT molecular complexity index is 960. The number of nitrogens with two attached hydrogens (primary N) is 1. The van der Waals surface area contributed by atoms with Gasteiger partial charge in [0, 0.05) is 26.2 Å². The molecule has 160 valence electrons. The molecular formula is C19H22N4O6S. The normalized spacial score (nSPS) is 14.4. The van der Waals surface area contributed by atoms with E-state index in [-0.39, 0.29) is 39.6 Å². The van der Waals surface area contributed by atoms with Gasteiger partial charge in [0.1, 0.15) is 5.00 Å². The number of carbonyl (C=O) groups is 4. The first kappa shape index (κ1) is 21.5. The summed E-state index contributed by atoms with van der Waals surface area (Å²) in [5.41, 5.74) is 5.85. The van der Waals surface area contributed by atoms with Gasteiger partial charge in [-0.2, -0.15) is 0 Å². The highest BCUT2D eigenvalue weighted by Gasteiger charge is 2.27. The quantitative estimate of drug-likeness (QED) is 0.646. The number of piperazine rings is 1. The lowest BCUT2D eigenvalue weighted by atomic mass is 10.1. The van der Waals surface area contributed by atoms with Crippen molar-refractivity contribution in [1.29, 1.82) is 0 Å². The Balaban J connectivity index is 1.60. The third-order valence-corrected chi connectivity index (χ3v) is 5.99. The molecule has 30 heavy (non-hydrogen) atoms. The van der Waals surface area contributed by atoms with Crippen LogP contribution in [0.25, 0.3) is 0 Å². The van der Waals surface area contributed by atoms with Crippen molar-refractivity contribution in [3.63, 3.8) is 0 Å². The molecule has 11 heteroatoms. The number of primary amides is 1. The average molecular weight is 434 g/mol. The van der Waals surface area contributed by atoms with E-state index in [1.807, 2.05) is 4.90 Å². The molecule has 0 bridgehead atoms. The van der Waals surface area contributed by atoms with Gasteiger partial charge in [0.15, 0.2) is 5.76 Å². The molecule has 10 nitrogen and oxygen atoms in total. The molecule has 3 N–H and O–H groups in total. The minimum Gasteiger partial charge on any atom is -0.465 e. The molecule has 0 atom stereocenters. The summed E-state index contributed by atoms with van der Waals surface area (Å²) in [4.78, 5) is 52.3. The highest BCUT2D eigenvalue weighted by atomic mass is 32.1. The highest BCUT2D eigenvalue weighted by Crippen LogP contribution is 2.33. The SMILES string of the molecule is COC(=O)c1c(NC(=O)CN2CCN(C(=O)c3ccco3)CC2)sc(C(N)=O)c1C. The van der Waals surface area contributed by atoms with Crippen molar-refractivity contribution in [2.24, 2.45) is 5.73 Å². The Hall–Kier alpha value is -3.18. The average Bonchev–Trinajstić information content (AvgIpc) is 3.36. The van der Waals surface area contributed by atoms with Crippen LogP contribution in [0.4, 0.5) is 5.00 Å². The van der Waals surface area contributed by atoms with Crippen LogP contribution in [0.2, 0.25) is 0 Å². The van der Waals surface area contributed by atoms with Crippen molar-refractivity contribution in [1.82, 2.24) is 9.80 Å². The van der Waals surface area contributed by atoms with Gasteiger partial charge < -0.3 is 25.1 Å². The number of anilines is 1. The van der Waals surface area contributed by atoms with Crippen LogP contribution in [0.5, 0.6) is 0 Å². The van der Waals surface area contributed by atoms with E-state index in [0.29, 0.717) is 31.7 Å². The van der Waals surface area contributed by atoms with Gasteiger partial charge >= 0.3 is 5.97 Å². The van der Waals surface area contributed by atoms with Gasteiger partial charge in [0.2, 0.25) is 5.91 Å². The molecule has 3 amide bonds. The van der Waals surface area contributed by atoms with Gasteiger partial charge in [-0.3, -0.25) is 19.3 Å². The monoisotopic (exact) mass is 434 g/mol. The predicted octanol–water partition coefficient (Wildman–Crippen LogP) is 0.932. The number of nitrogens with zero attached hydrogens (tertiary/aromatic N) is 2. The first-order chi connectivity index (χ1) is 14.3. The van der Waals surface area contributed by atoms with Gasteiger partial charge in [-0.1, -0.05) is 0 Å². The number of hydrogen-bond acceptors (Lipinski definition) is 8. The van der Waals surface area contributed by atoms with Crippen molar-refractivity contribution < 1.29 is 28.3 Å². The van der Waals surface area contributed by atoms with Crippen LogP contribution in [0, 0.1) is 6.92 Å². The van der Waals surface area contributed by atoms with Crippen molar-refractivity contribution in [2.45, 2.75) is 6.92 Å². The van der Waals surface area contributed by atoms with Gasteiger partial charge in [0.05, 0.1) is 30.4 Å². The highest BCUT2D eigenvalue weighted by molar-refractivity contribution is 7.18. The Morgan fingerprint density at radius 2 is 1.93 bits per heavy atom. The minimum atomic E-state index is -0.680. The molecule has 3 rings (SSSR count). The number of amides is 3. The zero-order valence-electron chi connectivity index (χ0n) is 16.6. The Kier molecular flexibility index (Phi) is 6.53. The zero-order chi connectivity index (χ0) is 21.8. The van der Waals surface area contributed by atoms with Crippen molar-refractivity contribution >= 4 is 40.0 Å². The van der Waals surface area contributed by atoms with Crippen LogP contribution < -0.4 is 11.1 Å². The van der Waals surface area contributed by atoms with Crippen molar-refractivity contribution in [3.05, 3.63) is 40.2 Å². The second-order valence-corrected chi connectivity index (χ2v) is 7.73. The van der Waals surface area contributed by atoms with Crippen LogP contribution in [0.1, 0.15) is 36.1 Å². The number of furan rings is 1. The fourth-order valence-corrected chi connectivity index (χ4v) is 4.28. The second kappa shape index (κ2) is 9.09. The number of nitrogens with one attached hydrogen (secondary N) is 1. The second-order valence-electron chi connectivity index (χ2n) is 6.71. The first-order valence-electron chi connectivity index (χ1n) is 9.18. The van der Waals surface area contributed by atoms with Crippen LogP contribution >= 0.6 is 11.3 Å². The molecule has 2 aromatic heterocycles. The molecule has 1 fully saturated rings. The Labute approximate surface area is 176 Å². The van der Waals surface area contributed by atoms with Crippen LogP contribution in [0.3, 0.4) is 0 Å². The third-order valence-electron chi connectivity index (χ3n) is 4.77. The number of ether oxygens (including phenoxy) is 1. The Morgan fingerprint density at radius 3 is 2.50 bits per heavy atom. The van der Waals surface area contributed by atoms with Gasteiger partial charge in [-0.05, 0) is 24.6 Å². The van der Waals surface area contributed by atoms with Gasteiger partial charge in [-0.25, -0.2) is 4.79 Å². The molecular weight excluding hydrogens is 412 g/mol. The molecule has 2 aromatic rings. The van der Waals surface area contributed by atoms with Crippen LogP contribution in [0.15, 0.2) is 22.8 Å². The minimum absolute atomic E-state index is 0.0756. The summed E-state index contributed by atoms with van der Waals surface area (Å²) < 4.78 is 9.89. The Morgan fingerprint density at radius 1 is 1.23 bits per heavy atom. The number of carbonyl (C=O) groups excluding carboxylic acids is 4. The largest absolute Gasteiger partial charge is 0.465 e. The lowest BCUT2D eigenvalue weighted by molar-refractivity contribution is -0.117. The molecule has 1 saturated heterocycles. The van der Waals surface area contributed by atoms with E-state index in [2.05, 4.69) is 5.32 Å². The number of thiophene rings is 1. The fraction of sp³-hybridized carbons (Fsp3) is 0.368. The van der Waals surface area contributed by atoms with Gasteiger partial charge in [0.25, 0.3) is 11.8 Å². The predicted molar refractivity (Wildman–Crippen MR) is 109 cm³/mol. The molecule has 0 spiro atoms. The maximum Gasteiger partial charge on any atom is 0.341 e. The van der Waals surface area contributed by atoms with Crippen molar-refractivity contribution in [3.8, 4) is 0 Å². The molecule has 0 aliphatic carbocycles. The topological polar surface area (TPSA) is 135 Å². The van der Waals surface area contributed by atoms with E-state index in [1.165, 1.54) is 13.4 Å². The summed E-state index contributed by atoms with van der Waals surface area (Å²) in [5, 5.41) is 2.91. The number of esters is 1.